The standard InChI is InChI=1S/C16H25N3O3S/c1-13-8-14(2)11-19(10-13)23(20,21)18-7-5-16(12-18)22-15-4-3-6-17-9-15/h3-4,6,9,13-14,16H,5,7-8,10-12H2,1-2H3. The fourth-order valence-corrected chi connectivity index (χ4v) is 5.47. The molecule has 0 N–H and O–H groups in total. The highest BCUT2D eigenvalue weighted by Gasteiger charge is 2.39. The average Bonchev–Trinajstić information content (AvgIpc) is 2.96. The number of aromatic nitrogens is 1. The molecule has 7 heteroatoms. The normalized spacial score (nSPS) is 30.4. The second-order valence-electron chi connectivity index (χ2n) is 6.85. The van der Waals surface area contributed by atoms with E-state index in [1.807, 2.05) is 12.1 Å². The number of pyridine rings is 1. The molecule has 128 valence electrons. The minimum atomic E-state index is -3.38. The van der Waals surface area contributed by atoms with Crippen LogP contribution in [0.15, 0.2) is 24.5 Å². The van der Waals surface area contributed by atoms with Gasteiger partial charge < -0.3 is 4.74 Å². The Morgan fingerprint density at radius 1 is 1.17 bits per heavy atom. The van der Waals surface area contributed by atoms with Crippen molar-refractivity contribution in [2.24, 2.45) is 11.8 Å². The Morgan fingerprint density at radius 3 is 2.57 bits per heavy atom. The van der Waals surface area contributed by atoms with Gasteiger partial charge in [0.2, 0.25) is 0 Å². The van der Waals surface area contributed by atoms with Crippen molar-refractivity contribution < 1.29 is 13.2 Å². The zero-order chi connectivity index (χ0) is 16.4. The summed E-state index contributed by atoms with van der Waals surface area (Å²) in [5.74, 6) is 1.52. The van der Waals surface area contributed by atoms with Crippen LogP contribution in [0.4, 0.5) is 0 Å². The Kier molecular flexibility index (Phi) is 4.89. The second-order valence-corrected chi connectivity index (χ2v) is 8.77. The average molecular weight is 339 g/mol. The van der Waals surface area contributed by atoms with Gasteiger partial charge in [0.25, 0.3) is 10.2 Å². The highest BCUT2D eigenvalue weighted by molar-refractivity contribution is 7.86. The topological polar surface area (TPSA) is 62.7 Å². The van der Waals surface area contributed by atoms with E-state index in [0.717, 1.165) is 6.42 Å². The molecule has 0 aromatic carbocycles. The molecule has 3 unspecified atom stereocenters. The van der Waals surface area contributed by atoms with Gasteiger partial charge in [-0.3, -0.25) is 4.98 Å². The molecule has 0 spiro atoms. The quantitative estimate of drug-likeness (QED) is 0.838. The number of piperidine rings is 1. The Hall–Kier alpha value is -1.18. The molecular formula is C16H25N3O3S. The molecule has 3 heterocycles. The molecule has 0 radical (unpaired) electrons. The highest BCUT2D eigenvalue weighted by Crippen LogP contribution is 2.27. The minimum Gasteiger partial charge on any atom is -0.487 e. The van der Waals surface area contributed by atoms with Gasteiger partial charge in [0, 0.05) is 25.8 Å². The van der Waals surface area contributed by atoms with Gasteiger partial charge in [0.15, 0.2) is 0 Å². The Balaban J connectivity index is 1.63. The molecule has 3 atom stereocenters. The van der Waals surface area contributed by atoms with Gasteiger partial charge in [-0.2, -0.15) is 17.0 Å². The fourth-order valence-electron chi connectivity index (χ4n) is 3.57. The molecule has 0 bridgehead atoms. The monoisotopic (exact) mass is 339 g/mol. The SMILES string of the molecule is CC1CC(C)CN(S(=O)(=O)N2CCC(Oc3cccnc3)C2)C1. The molecule has 2 aliphatic rings. The zero-order valence-corrected chi connectivity index (χ0v) is 14.6. The summed E-state index contributed by atoms with van der Waals surface area (Å²) >= 11 is 0. The van der Waals surface area contributed by atoms with Crippen LogP contribution in [0.1, 0.15) is 26.7 Å². The van der Waals surface area contributed by atoms with Crippen LogP contribution < -0.4 is 4.74 Å². The Morgan fingerprint density at radius 2 is 1.91 bits per heavy atom. The number of nitrogens with zero attached hydrogens (tertiary/aromatic N) is 3. The molecule has 6 nitrogen and oxygen atoms in total. The molecule has 1 aromatic heterocycles. The zero-order valence-electron chi connectivity index (χ0n) is 13.8. The minimum absolute atomic E-state index is 0.103. The maximum Gasteiger partial charge on any atom is 0.282 e. The van der Waals surface area contributed by atoms with Crippen LogP contribution in [-0.4, -0.2) is 54.3 Å². The van der Waals surface area contributed by atoms with Crippen molar-refractivity contribution in [1.82, 2.24) is 13.6 Å². The summed E-state index contributed by atoms with van der Waals surface area (Å²) in [4.78, 5) is 4.02. The smallest absolute Gasteiger partial charge is 0.282 e. The van der Waals surface area contributed by atoms with Crippen LogP contribution in [0.2, 0.25) is 0 Å². The molecular weight excluding hydrogens is 314 g/mol. The van der Waals surface area contributed by atoms with Crippen LogP contribution in [0.25, 0.3) is 0 Å². The van der Waals surface area contributed by atoms with Crippen LogP contribution >= 0.6 is 0 Å². The van der Waals surface area contributed by atoms with E-state index >= 15 is 0 Å². The van der Waals surface area contributed by atoms with E-state index < -0.39 is 10.2 Å². The first-order valence-corrected chi connectivity index (χ1v) is 9.66. The molecule has 2 aliphatic heterocycles. The van der Waals surface area contributed by atoms with E-state index in [2.05, 4.69) is 18.8 Å². The summed E-state index contributed by atoms with van der Waals surface area (Å²) in [6.45, 7) is 6.42. The molecule has 2 fully saturated rings. The van der Waals surface area contributed by atoms with E-state index in [0.29, 0.717) is 50.2 Å². The van der Waals surface area contributed by atoms with Gasteiger partial charge in [-0.25, -0.2) is 0 Å². The largest absolute Gasteiger partial charge is 0.487 e. The Labute approximate surface area is 138 Å². The van der Waals surface area contributed by atoms with Crippen molar-refractivity contribution >= 4 is 10.2 Å². The lowest BCUT2D eigenvalue weighted by molar-refractivity contribution is 0.199. The summed E-state index contributed by atoms with van der Waals surface area (Å²) in [5.41, 5.74) is 0. The van der Waals surface area contributed by atoms with Gasteiger partial charge in [-0.1, -0.05) is 13.8 Å². The maximum atomic E-state index is 12.9. The third kappa shape index (κ3) is 3.84. The Bertz CT molecular complexity index is 613. The number of ether oxygens (including phenoxy) is 1. The first-order valence-electron chi connectivity index (χ1n) is 8.27. The summed E-state index contributed by atoms with van der Waals surface area (Å²) in [5, 5.41) is 0. The molecule has 2 saturated heterocycles. The number of hydrogen-bond acceptors (Lipinski definition) is 4. The molecule has 0 amide bonds. The summed E-state index contributed by atoms with van der Waals surface area (Å²) in [6, 6.07) is 3.66. The van der Waals surface area contributed by atoms with E-state index in [1.165, 1.54) is 0 Å². The first-order chi connectivity index (χ1) is 10.9. The van der Waals surface area contributed by atoms with Gasteiger partial charge in [0.1, 0.15) is 11.9 Å². The van der Waals surface area contributed by atoms with E-state index in [4.69, 9.17) is 4.74 Å². The van der Waals surface area contributed by atoms with Crippen molar-refractivity contribution in [2.45, 2.75) is 32.8 Å². The summed E-state index contributed by atoms with van der Waals surface area (Å²) in [6.07, 6.45) is 5.06. The van der Waals surface area contributed by atoms with E-state index in [9.17, 15) is 8.42 Å². The third-order valence-corrected chi connectivity index (χ3v) is 6.47. The van der Waals surface area contributed by atoms with Gasteiger partial charge in [0.05, 0.1) is 12.7 Å². The second kappa shape index (κ2) is 6.75. The van der Waals surface area contributed by atoms with Crippen LogP contribution in [-0.2, 0) is 10.2 Å². The van der Waals surface area contributed by atoms with Crippen LogP contribution in [0.3, 0.4) is 0 Å². The lowest BCUT2D eigenvalue weighted by Crippen LogP contribution is -2.49. The fraction of sp³-hybridized carbons (Fsp3) is 0.688. The molecule has 0 aliphatic carbocycles. The third-order valence-electron chi connectivity index (χ3n) is 4.53. The van der Waals surface area contributed by atoms with Gasteiger partial charge in [-0.05, 0) is 36.8 Å². The summed E-state index contributed by atoms with van der Waals surface area (Å²) in [7, 11) is -3.38. The van der Waals surface area contributed by atoms with E-state index in [-0.39, 0.29) is 6.10 Å². The van der Waals surface area contributed by atoms with Crippen molar-refractivity contribution in [3.8, 4) is 5.75 Å². The molecule has 1 aromatic rings. The maximum absolute atomic E-state index is 12.9. The lowest BCUT2D eigenvalue weighted by Gasteiger charge is -2.36. The van der Waals surface area contributed by atoms with Gasteiger partial charge >= 0.3 is 0 Å². The first kappa shape index (κ1) is 16.7. The van der Waals surface area contributed by atoms with Crippen LogP contribution in [0.5, 0.6) is 5.75 Å². The predicted molar refractivity (Wildman–Crippen MR) is 88.3 cm³/mol. The molecule has 3 rings (SSSR count). The van der Waals surface area contributed by atoms with Crippen molar-refractivity contribution in [1.29, 1.82) is 0 Å². The predicted octanol–water partition coefficient (Wildman–Crippen LogP) is 1.76. The lowest BCUT2D eigenvalue weighted by atomic mass is 9.94. The van der Waals surface area contributed by atoms with Crippen LogP contribution in [0, 0.1) is 11.8 Å². The molecule has 23 heavy (non-hydrogen) atoms. The highest BCUT2D eigenvalue weighted by atomic mass is 32.2. The summed E-state index contributed by atoms with van der Waals surface area (Å²) < 4.78 is 34.8. The van der Waals surface area contributed by atoms with Crippen molar-refractivity contribution in [2.75, 3.05) is 26.2 Å². The number of hydrogen-bond donors (Lipinski definition) is 0. The van der Waals surface area contributed by atoms with Crippen molar-refractivity contribution in [3.63, 3.8) is 0 Å². The van der Waals surface area contributed by atoms with Gasteiger partial charge in [-0.15, -0.1) is 0 Å². The van der Waals surface area contributed by atoms with Crippen molar-refractivity contribution in [3.05, 3.63) is 24.5 Å². The molecule has 0 saturated carbocycles. The van der Waals surface area contributed by atoms with E-state index in [1.54, 1.807) is 21.0 Å². The number of rotatable bonds is 4.